The van der Waals surface area contributed by atoms with Crippen LogP contribution >= 0.6 is 11.3 Å². The highest BCUT2D eigenvalue weighted by atomic mass is 32.1. The van der Waals surface area contributed by atoms with Crippen molar-refractivity contribution in [3.63, 3.8) is 0 Å². The van der Waals surface area contributed by atoms with E-state index in [1.807, 2.05) is 55.5 Å². The maximum absolute atomic E-state index is 12.5. The van der Waals surface area contributed by atoms with Crippen molar-refractivity contribution in [2.45, 2.75) is 13.5 Å². The van der Waals surface area contributed by atoms with E-state index >= 15 is 0 Å². The van der Waals surface area contributed by atoms with Crippen LogP contribution in [0.5, 0.6) is 0 Å². The lowest BCUT2D eigenvalue weighted by atomic mass is 10.1. The molecular formula is C18H16N2OS. The van der Waals surface area contributed by atoms with Gasteiger partial charge in [0.15, 0.2) is 0 Å². The number of hydrogen-bond acceptors (Lipinski definition) is 3. The Morgan fingerprint density at radius 3 is 2.64 bits per heavy atom. The molecule has 4 heteroatoms. The minimum Gasteiger partial charge on any atom is -0.346 e. The number of carbonyl (C=O) groups excluding carboxylic acids is 1. The second-order valence-corrected chi connectivity index (χ2v) is 6.23. The van der Waals surface area contributed by atoms with Crippen molar-refractivity contribution in [2.24, 2.45) is 0 Å². The summed E-state index contributed by atoms with van der Waals surface area (Å²) in [7, 11) is 0. The third-order valence-electron chi connectivity index (χ3n) is 3.30. The van der Waals surface area contributed by atoms with Crippen molar-refractivity contribution < 1.29 is 4.79 Å². The van der Waals surface area contributed by atoms with Gasteiger partial charge in [0.2, 0.25) is 0 Å². The van der Waals surface area contributed by atoms with Crippen LogP contribution in [-0.2, 0) is 6.54 Å². The van der Waals surface area contributed by atoms with Gasteiger partial charge in [0.25, 0.3) is 5.91 Å². The summed E-state index contributed by atoms with van der Waals surface area (Å²) in [6.45, 7) is 2.46. The van der Waals surface area contributed by atoms with Crippen LogP contribution in [0.4, 0.5) is 0 Å². The van der Waals surface area contributed by atoms with E-state index in [4.69, 9.17) is 0 Å². The molecule has 0 aliphatic carbocycles. The molecule has 0 saturated heterocycles. The fourth-order valence-electron chi connectivity index (χ4n) is 2.27. The average Bonchev–Trinajstić information content (AvgIpc) is 2.96. The molecule has 2 aromatic heterocycles. The number of nitrogens with zero attached hydrogens (tertiary/aromatic N) is 1. The molecule has 3 aromatic rings. The Morgan fingerprint density at radius 1 is 1.14 bits per heavy atom. The molecule has 0 atom stereocenters. The van der Waals surface area contributed by atoms with Gasteiger partial charge in [-0.05, 0) is 30.7 Å². The summed E-state index contributed by atoms with van der Waals surface area (Å²) >= 11 is 1.52. The minimum atomic E-state index is -0.0531. The number of nitrogens with one attached hydrogen (secondary N) is 1. The molecule has 22 heavy (non-hydrogen) atoms. The summed E-state index contributed by atoms with van der Waals surface area (Å²) in [5.41, 5.74) is 2.90. The number of thiophene rings is 1. The molecule has 0 aliphatic heterocycles. The predicted molar refractivity (Wildman–Crippen MR) is 89.9 cm³/mol. The normalized spacial score (nSPS) is 10.4. The van der Waals surface area contributed by atoms with E-state index in [-0.39, 0.29) is 5.91 Å². The van der Waals surface area contributed by atoms with E-state index in [0.717, 1.165) is 26.6 Å². The summed E-state index contributed by atoms with van der Waals surface area (Å²) in [6.07, 6.45) is 1.73. The van der Waals surface area contributed by atoms with Crippen molar-refractivity contribution in [1.29, 1.82) is 0 Å². The Balaban J connectivity index is 1.81. The molecule has 0 fully saturated rings. The number of hydrogen-bond donors (Lipinski definition) is 1. The van der Waals surface area contributed by atoms with Gasteiger partial charge in [-0.2, -0.15) is 0 Å². The molecule has 0 saturated carbocycles. The standard InChI is InChI=1S/C18H16N2OS/c1-13-11-16(14-7-3-2-4-8-14)17(22-13)18(21)20-12-15-9-5-6-10-19-15/h2-11H,12H2,1H3,(H,20,21). The van der Waals surface area contributed by atoms with Gasteiger partial charge < -0.3 is 5.32 Å². The molecule has 1 amide bonds. The topological polar surface area (TPSA) is 42.0 Å². The first kappa shape index (κ1) is 14.5. The number of amides is 1. The third-order valence-corrected chi connectivity index (χ3v) is 4.35. The highest BCUT2D eigenvalue weighted by molar-refractivity contribution is 7.14. The van der Waals surface area contributed by atoms with E-state index in [0.29, 0.717) is 6.54 Å². The highest BCUT2D eigenvalue weighted by Gasteiger charge is 2.16. The van der Waals surface area contributed by atoms with E-state index in [9.17, 15) is 4.79 Å². The molecule has 3 rings (SSSR count). The average molecular weight is 308 g/mol. The molecule has 0 unspecified atom stereocenters. The lowest BCUT2D eigenvalue weighted by Gasteiger charge is -2.06. The van der Waals surface area contributed by atoms with E-state index in [2.05, 4.69) is 16.4 Å². The smallest absolute Gasteiger partial charge is 0.262 e. The zero-order valence-corrected chi connectivity index (χ0v) is 13.1. The highest BCUT2D eigenvalue weighted by Crippen LogP contribution is 2.31. The van der Waals surface area contributed by atoms with Crippen LogP contribution in [-0.4, -0.2) is 10.9 Å². The van der Waals surface area contributed by atoms with Crippen LogP contribution in [0.3, 0.4) is 0 Å². The number of aryl methyl sites for hydroxylation is 1. The van der Waals surface area contributed by atoms with Gasteiger partial charge in [-0.3, -0.25) is 9.78 Å². The molecule has 1 N–H and O–H groups in total. The second-order valence-electron chi connectivity index (χ2n) is 4.97. The molecule has 3 nitrogen and oxygen atoms in total. The van der Waals surface area contributed by atoms with Gasteiger partial charge in [-0.1, -0.05) is 36.4 Å². The van der Waals surface area contributed by atoms with Gasteiger partial charge in [0.05, 0.1) is 17.1 Å². The molecule has 110 valence electrons. The van der Waals surface area contributed by atoms with Crippen molar-refractivity contribution >= 4 is 17.2 Å². The Hall–Kier alpha value is -2.46. The Labute approximate surface area is 133 Å². The van der Waals surface area contributed by atoms with Crippen LogP contribution in [0.1, 0.15) is 20.2 Å². The first-order valence-electron chi connectivity index (χ1n) is 7.08. The van der Waals surface area contributed by atoms with Gasteiger partial charge >= 0.3 is 0 Å². The number of carbonyl (C=O) groups is 1. The Bertz CT molecular complexity index is 766. The number of pyridine rings is 1. The Morgan fingerprint density at radius 2 is 1.91 bits per heavy atom. The van der Waals surface area contributed by atoms with Crippen LogP contribution in [0, 0.1) is 6.92 Å². The first-order chi connectivity index (χ1) is 10.7. The molecule has 0 bridgehead atoms. The minimum absolute atomic E-state index is 0.0531. The van der Waals surface area contributed by atoms with Crippen LogP contribution < -0.4 is 5.32 Å². The van der Waals surface area contributed by atoms with Gasteiger partial charge in [0, 0.05) is 16.6 Å². The lowest BCUT2D eigenvalue weighted by molar-refractivity contribution is 0.0955. The summed E-state index contributed by atoms with van der Waals surface area (Å²) in [5, 5.41) is 2.95. The number of rotatable bonds is 4. The van der Waals surface area contributed by atoms with E-state index < -0.39 is 0 Å². The molecule has 0 radical (unpaired) electrons. The summed E-state index contributed by atoms with van der Waals surface area (Å²) in [5.74, 6) is -0.0531. The molecule has 2 heterocycles. The first-order valence-corrected chi connectivity index (χ1v) is 7.89. The van der Waals surface area contributed by atoms with Crippen molar-refractivity contribution in [1.82, 2.24) is 10.3 Å². The monoisotopic (exact) mass is 308 g/mol. The third kappa shape index (κ3) is 3.23. The molecule has 0 spiro atoms. The zero-order valence-electron chi connectivity index (χ0n) is 12.2. The number of aromatic nitrogens is 1. The molecule has 1 aromatic carbocycles. The van der Waals surface area contributed by atoms with E-state index in [1.165, 1.54) is 11.3 Å². The predicted octanol–water partition coefficient (Wildman–Crippen LogP) is 4.05. The maximum atomic E-state index is 12.5. The largest absolute Gasteiger partial charge is 0.346 e. The maximum Gasteiger partial charge on any atom is 0.262 e. The van der Waals surface area contributed by atoms with Crippen molar-refractivity contribution in [3.8, 4) is 11.1 Å². The quantitative estimate of drug-likeness (QED) is 0.790. The SMILES string of the molecule is Cc1cc(-c2ccccc2)c(C(=O)NCc2ccccn2)s1. The van der Waals surface area contributed by atoms with E-state index in [1.54, 1.807) is 6.20 Å². The lowest BCUT2D eigenvalue weighted by Crippen LogP contribution is -2.22. The molecule has 0 aliphatic rings. The van der Waals surface area contributed by atoms with Crippen molar-refractivity contribution in [2.75, 3.05) is 0 Å². The van der Waals surface area contributed by atoms with Gasteiger partial charge in [0.1, 0.15) is 0 Å². The molecular weight excluding hydrogens is 292 g/mol. The van der Waals surface area contributed by atoms with Gasteiger partial charge in [-0.15, -0.1) is 11.3 Å². The number of benzene rings is 1. The van der Waals surface area contributed by atoms with Crippen LogP contribution in [0.25, 0.3) is 11.1 Å². The zero-order chi connectivity index (χ0) is 15.4. The van der Waals surface area contributed by atoms with Crippen molar-refractivity contribution in [3.05, 3.63) is 76.2 Å². The second kappa shape index (κ2) is 6.54. The van der Waals surface area contributed by atoms with Crippen LogP contribution in [0.15, 0.2) is 60.8 Å². The Kier molecular flexibility index (Phi) is 4.30. The summed E-state index contributed by atoms with van der Waals surface area (Å²) in [6, 6.07) is 17.7. The van der Waals surface area contributed by atoms with Crippen LogP contribution in [0.2, 0.25) is 0 Å². The van der Waals surface area contributed by atoms with Gasteiger partial charge in [-0.25, -0.2) is 0 Å². The fourth-order valence-corrected chi connectivity index (χ4v) is 3.22. The fraction of sp³-hybridized carbons (Fsp3) is 0.111. The summed E-state index contributed by atoms with van der Waals surface area (Å²) in [4.78, 5) is 18.6. The summed E-state index contributed by atoms with van der Waals surface area (Å²) < 4.78 is 0.